The van der Waals surface area contributed by atoms with Crippen molar-refractivity contribution in [3.8, 4) is 0 Å². The van der Waals surface area contributed by atoms with Crippen LogP contribution < -0.4 is 0 Å². The van der Waals surface area contributed by atoms with E-state index in [0.29, 0.717) is 23.7 Å². The fourth-order valence-corrected chi connectivity index (χ4v) is 5.62. The van der Waals surface area contributed by atoms with Crippen LogP contribution in [0, 0.1) is 0 Å². The first-order chi connectivity index (χ1) is 18.6. The lowest BCUT2D eigenvalue weighted by Crippen LogP contribution is -2.10. The molecule has 0 saturated heterocycles. The van der Waals surface area contributed by atoms with E-state index in [0.717, 1.165) is 53.4 Å². The van der Waals surface area contributed by atoms with Gasteiger partial charge in [0.15, 0.2) is 0 Å². The summed E-state index contributed by atoms with van der Waals surface area (Å²) >= 11 is 0. The van der Waals surface area contributed by atoms with Gasteiger partial charge in [-0.25, -0.2) is 4.98 Å². The Morgan fingerprint density at radius 2 is 1.13 bits per heavy atom. The number of para-hydroxylation sites is 2. The van der Waals surface area contributed by atoms with Crippen molar-refractivity contribution in [3.63, 3.8) is 0 Å². The molecule has 0 aliphatic heterocycles. The van der Waals surface area contributed by atoms with Crippen molar-refractivity contribution >= 4 is 22.8 Å². The van der Waals surface area contributed by atoms with E-state index in [1.807, 2.05) is 0 Å². The van der Waals surface area contributed by atoms with E-state index in [9.17, 15) is 0 Å². The summed E-state index contributed by atoms with van der Waals surface area (Å²) in [6.07, 6.45) is 4.31. The Balaban J connectivity index is 1.86. The van der Waals surface area contributed by atoms with Crippen molar-refractivity contribution in [2.45, 2.75) is 112 Å². The van der Waals surface area contributed by atoms with Crippen molar-refractivity contribution in [3.05, 3.63) is 87.7 Å². The Morgan fingerprint density at radius 1 is 0.641 bits per heavy atom. The molecule has 0 unspecified atom stereocenters. The molecular weight excluding hydrogens is 474 g/mol. The first-order valence-corrected chi connectivity index (χ1v) is 15.0. The molecule has 0 radical (unpaired) electrons. The number of aryl methyl sites for hydroxylation is 1. The van der Waals surface area contributed by atoms with Gasteiger partial charge in [0.2, 0.25) is 0 Å². The highest BCUT2D eigenvalue weighted by Crippen LogP contribution is 2.37. The van der Waals surface area contributed by atoms with Gasteiger partial charge in [-0.05, 0) is 90.2 Å². The summed E-state index contributed by atoms with van der Waals surface area (Å²) in [5, 5.41) is 0. The molecule has 1 aromatic heterocycles. The highest BCUT2D eigenvalue weighted by atomic mass is 14.9. The lowest BCUT2D eigenvalue weighted by Gasteiger charge is -2.18. The maximum atomic E-state index is 5.44. The lowest BCUT2D eigenvalue weighted by atomic mass is 9.92. The van der Waals surface area contributed by atoms with Crippen molar-refractivity contribution in [1.82, 2.24) is 4.98 Å². The van der Waals surface area contributed by atoms with Gasteiger partial charge in [-0.15, -0.1) is 0 Å². The monoisotopic (exact) mass is 521 g/mol. The Kier molecular flexibility index (Phi) is 9.20. The second kappa shape index (κ2) is 12.4. The molecule has 0 spiro atoms. The fourth-order valence-electron chi connectivity index (χ4n) is 5.62. The predicted octanol–water partition coefficient (Wildman–Crippen LogP) is 10.6. The summed E-state index contributed by atoms with van der Waals surface area (Å²) in [6.45, 7) is 20.2. The van der Waals surface area contributed by atoms with Crippen molar-refractivity contribution in [2.24, 2.45) is 9.98 Å². The van der Waals surface area contributed by atoms with Crippen LogP contribution >= 0.6 is 0 Å². The zero-order valence-corrected chi connectivity index (χ0v) is 25.6. The summed E-state index contributed by atoms with van der Waals surface area (Å²) in [5.41, 5.74) is 12.9. The van der Waals surface area contributed by atoms with Gasteiger partial charge in [0.1, 0.15) is 0 Å². The molecule has 2 aromatic carbocycles. The highest BCUT2D eigenvalue weighted by Gasteiger charge is 2.21. The molecule has 39 heavy (non-hydrogen) atoms. The molecule has 0 N–H and O–H groups in total. The van der Waals surface area contributed by atoms with Gasteiger partial charge in [-0.2, -0.15) is 0 Å². The lowest BCUT2D eigenvalue weighted by molar-refractivity contribution is 0.775. The number of nitrogens with zero attached hydrogens (tertiary/aromatic N) is 3. The molecular formula is C36H47N3. The first kappa shape index (κ1) is 28.9. The van der Waals surface area contributed by atoms with E-state index < -0.39 is 0 Å². The van der Waals surface area contributed by atoms with E-state index >= 15 is 0 Å². The number of hydrogen-bond acceptors (Lipinski definition) is 3. The first-order valence-electron chi connectivity index (χ1n) is 15.0. The summed E-state index contributed by atoms with van der Waals surface area (Å²) in [5.74, 6) is 1.65. The predicted molar refractivity (Wildman–Crippen MR) is 169 cm³/mol. The minimum absolute atomic E-state index is 0.408. The quantitative estimate of drug-likeness (QED) is 0.225. The Labute approximate surface area is 236 Å². The third kappa shape index (κ3) is 6.40. The van der Waals surface area contributed by atoms with Crippen LogP contribution in [0.1, 0.15) is 144 Å². The van der Waals surface area contributed by atoms with Gasteiger partial charge in [-0.3, -0.25) is 9.98 Å². The number of aromatic nitrogens is 1. The maximum Gasteiger partial charge on any atom is 0.0884 e. The van der Waals surface area contributed by atoms with E-state index in [2.05, 4.69) is 111 Å². The Hall–Kier alpha value is -3.07. The summed E-state index contributed by atoms with van der Waals surface area (Å²) in [6, 6.07) is 17.7. The zero-order valence-electron chi connectivity index (χ0n) is 25.6. The van der Waals surface area contributed by atoms with Gasteiger partial charge in [0, 0.05) is 0 Å². The molecule has 4 rings (SSSR count). The number of aliphatic imine (C=N–C) groups is 2. The number of hydrogen-bond donors (Lipinski definition) is 0. The number of pyridine rings is 1. The van der Waals surface area contributed by atoms with Crippen LogP contribution in [0.2, 0.25) is 0 Å². The largest absolute Gasteiger partial charge is 0.251 e. The number of rotatable bonds is 7. The Morgan fingerprint density at radius 3 is 1.64 bits per heavy atom. The van der Waals surface area contributed by atoms with E-state index in [4.69, 9.17) is 15.0 Å². The average molecular weight is 522 g/mol. The van der Waals surface area contributed by atoms with Crippen molar-refractivity contribution < 1.29 is 0 Å². The van der Waals surface area contributed by atoms with Crippen LogP contribution in [-0.4, -0.2) is 16.4 Å². The van der Waals surface area contributed by atoms with Crippen molar-refractivity contribution in [2.75, 3.05) is 0 Å². The number of fused-ring (bicyclic) bond motifs is 1. The molecule has 1 heterocycles. The van der Waals surface area contributed by atoms with Crippen LogP contribution in [0.5, 0.6) is 0 Å². The third-order valence-electron chi connectivity index (χ3n) is 7.94. The average Bonchev–Trinajstić information content (AvgIpc) is 3.10. The molecule has 3 nitrogen and oxygen atoms in total. The summed E-state index contributed by atoms with van der Waals surface area (Å²) in [4.78, 5) is 16.0. The van der Waals surface area contributed by atoms with E-state index in [1.54, 1.807) is 0 Å². The fraction of sp³-hybridized carbons (Fsp3) is 0.472. The molecule has 0 saturated carbocycles. The topological polar surface area (TPSA) is 37.6 Å². The summed E-state index contributed by atoms with van der Waals surface area (Å²) < 4.78 is 0. The van der Waals surface area contributed by atoms with Gasteiger partial charge >= 0.3 is 0 Å². The molecule has 0 atom stereocenters. The minimum atomic E-state index is 0.408. The molecule has 1 aliphatic rings. The van der Waals surface area contributed by atoms with Gasteiger partial charge < -0.3 is 0 Å². The number of benzene rings is 2. The molecule has 1 aliphatic carbocycles. The normalized spacial score (nSPS) is 15.5. The Bertz CT molecular complexity index is 1320. The highest BCUT2D eigenvalue weighted by molar-refractivity contribution is 6.04. The zero-order chi connectivity index (χ0) is 28.3. The molecule has 0 amide bonds. The standard InChI is InChI=1S/C36H47N3/c1-22(2)28-15-12-16-29(23(3)4)35(28)37-26(9)32-21-20-27-14-10-11-19-33(34(27)38-32)39-36-30(24(5)6)17-13-18-31(36)25(7)8/h12-13,15-18,20-25H,10-11,14,19H2,1-9H3. The van der Waals surface area contributed by atoms with E-state index in [-0.39, 0.29) is 0 Å². The second-order valence-electron chi connectivity index (χ2n) is 12.4. The van der Waals surface area contributed by atoms with Crippen LogP contribution in [0.25, 0.3) is 0 Å². The minimum Gasteiger partial charge on any atom is -0.251 e. The van der Waals surface area contributed by atoms with Crippen LogP contribution in [0.4, 0.5) is 11.4 Å². The second-order valence-corrected chi connectivity index (χ2v) is 12.4. The molecule has 0 fully saturated rings. The summed E-state index contributed by atoms with van der Waals surface area (Å²) in [7, 11) is 0. The van der Waals surface area contributed by atoms with Gasteiger partial charge in [0.05, 0.1) is 34.2 Å². The van der Waals surface area contributed by atoms with Gasteiger partial charge in [-0.1, -0.05) is 97.9 Å². The molecule has 0 bridgehead atoms. The van der Waals surface area contributed by atoms with Gasteiger partial charge in [0.25, 0.3) is 0 Å². The van der Waals surface area contributed by atoms with Crippen molar-refractivity contribution in [1.29, 1.82) is 0 Å². The molecule has 3 heteroatoms. The SMILES string of the molecule is CC(=Nc1c(C(C)C)cccc1C(C)C)c1ccc2c(n1)C(=Nc1c(C(C)C)cccc1C(C)C)CCCC2. The van der Waals surface area contributed by atoms with Crippen LogP contribution in [0.15, 0.2) is 58.5 Å². The van der Waals surface area contributed by atoms with E-state index in [1.165, 1.54) is 34.2 Å². The molecule has 3 aromatic rings. The molecule has 206 valence electrons. The van der Waals surface area contributed by atoms with Crippen LogP contribution in [0.3, 0.4) is 0 Å². The third-order valence-corrected chi connectivity index (χ3v) is 7.94. The maximum absolute atomic E-state index is 5.44. The van der Waals surface area contributed by atoms with Crippen LogP contribution in [-0.2, 0) is 6.42 Å². The smallest absolute Gasteiger partial charge is 0.0884 e.